The molecule has 0 spiro atoms. The second-order valence-corrected chi connectivity index (χ2v) is 19.4. The molecule has 358 valence electrons. The molecule has 0 unspecified atom stereocenters. The molecule has 0 aliphatic carbocycles. The fourth-order valence-electron chi connectivity index (χ4n) is 10.8. The lowest BCUT2D eigenvalue weighted by molar-refractivity contribution is 0.919. The zero-order valence-electron chi connectivity index (χ0n) is 42.8. The molecule has 0 atom stereocenters. The van der Waals surface area contributed by atoms with Crippen molar-refractivity contribution < 1.29 is 0 Å². The van der Waals surface area contributed by atoms with Crippen molar-refractivity contribution in [2.75, 3.05) is 4.90 Å². The highest BCUT2D eigenvalue weighted by Gasteiger charge is 2.27. The van der Waals surface area contributed by atoms with Gasteiger partial charge >= 0.3 is 0 Å². The molecule has 0 amide bonds. The number of rotatable bonds is 12. The molecule has 0 N–H and O–H groups in total. The molecular weight excluding hydrogens is 899 g/mol. The monoisotopic (exact) mass is 955 g/mol. The molecule has 9 aromatic carbocycles. The van der Waals surface area contributed by atoms with Crippen LogP contribution in [0.15, 0.2) is 231 Å². The van der Waals surface area contributed by atoms with Gasteiger partial charge in [0.1, 0.15) is 11.6 Å². The summed E-state index contributed by atoms with van der Waals surface area (Å²) in [6, 6.07) is 81.2. The lowest BCUT2D eigenvalue weighted by Crippen LogP contribution is -2.16. The topological polar surface area (TPSA) is 54.8 Å². The average molecular weight is 956 g/mol. The first-order valence-corrected chi connectivity index (χ1v) is 25.4. The molecule has 0 bridgehead atoms. The van der Waals surface area contributed by atoms with Gasteiger partial charge in [0, 0.05) is 46.0 Å². The van der Waals surface area contributed by atoms with Gasteiger partial charge in [-0.3, -0.25) is 4.90 Å². The summed E-state index contributed by atoms with van der Waals surface area (Å²) in [4.78, 5) is 23.6. The molecule has 0 aliphatic heterocycles. The Morgan fingerprint density at radius 1 is 0.311 bits per heavy atom. The Labute approximate surface area is 435 Å². The molecule has 74 heavy (non-hydrogen) atoms. The van der Waals surface area contributed by atoms with E-state index in [0.29, 0.717) is 23.3 Å². The van der Waals surface area contributed by atoms with E-state index in [1.54, 1.807) is 0 Å². The number of nitrogens with zero attached hydrogens (tertiary/aromatic N) is 5. The highest BCUT2D eigenvalue weighted by Crippen LogP contribution is 2.43. The SMILES string of the molecule is Cc1cc(C)c(C(c2ccc(N(c3cc(-c4ccccc4)nc(-c4ccccc4)n3)c3cc(-c4ccc(-c5ccccc5-c5ccccc5)cc4)nc(-c4ccccc4)n3)cc2)c2c(C)cc(C)cc2C)c(C)c1. The molecule has 11 aromatic rings. The predicted molar refractivity (Wildman–Crippen MR) is 307 cm³/mol. The van der Waals surface area contributed by atoms with E-state index < -0.39 is 0 Å². The summed E-state index contributed by atoms with van der Waals surface area (Å²) in [6.07, 6.45) is 0. The third kappa shape index (κ3) is 9.68. The van der Waals surface area contributed by atoms with Gasteiger partial charge in [0.15, 0.2) is 11.6 Å². The second kappa shape index (κ2) is 20.6. The number of benzene rings is 9. The molecule has 0 radical (unpaired) electrons. The number of anilines is 3. The van der Waals surface area contributed by atoms with E-state index >= 15 is 0 Å². The first-order valence-electron chi connectivity index (χ1n) is 25.4. The van der Waals surface area contributed by atoms with Crippen LogP contribution < -0.4 is 4.90 Å². The predicted octanol–water partition coefficient (Wildman–Crippen LogP) is 17.8. The van der Waals surface area contributed by atoms with Crippen LogP contribution in [-0.2, 0) is 0 Å². The van der Waals surface area contributed by atoms with Crippen LogP contribution in [0.2, 0.25) is 0 Å². The summed E-state index contributed by atoms with van der Waals surface area (Å²) in [5.74, 6) is 2.57. The van der Waals surface area contributed by atoms with Gasteiger partial charge in [0.2, 0.25) is 0 Å². The summed E-state index contributed by atoms with van der Waals surface area (Å²) < 4.78 is 0. The van der Waals surface area contributed by atoms with E-state index in [9.17, 15) is 0 Å². The van der Waals surface area contributed by atoms with Crippen LogP contribution in [0.4, 0.5) is 17.3 Å². The van der Waals surface area contributed by atoms with Gasteiger partial charge in [0.05, 0.1) is 11.4 Å². The average Bonchev–Trinajstić information content (AvgIpc) is 3.43. The van der Waals surface area contributed by atoms with E-state index in [2.05, 4.69) is 234 Å². The fraction of sp³-hybridized carbons (Fsp3) is 0.101. The normalized spacial score (nSPS) is 11.2. The fourth-order valence-corrected chi connectivity index (χ4v) is 10.8. The van der Waals surface area contributed by atoms with Crippen molar-refractivity contribution in [2.45, 2.75) is 47.5 Å². The maximum atomic E-state index is 5.47. The minimum Gasteiger partial charge on any atom is -0.279 e. The zero-order chi connectivity index (χ0) is 50.7. The van der Waals surface area contributed by atoms with Gasteiger partial charge in [-0.15, -0.1) is 0 Å². The van der Waals surface area contributed by atoms with Crippen molar-refractivity contribution >= 4 is 17.3 Å². The number of hydrogen-bond donors (Lipinski definition) is 0. The largest absolute Gasteiger partial charge is 0.279 e. The Morgan fingerprint density at radius 2 is 0.649 bits per heavy atom. The van der Waals surface area contributed by atoms with Gasteiger partial charge in [-0.25, -0.2) is 19.9 Å². The first kappa shape index (κ1) is 47.3. The van der Waals surface area contributed by atoms with Gasteiger partial charge in [-0.2, -0.15) is 0 Å². The standard InChI is InChI=1S/C69H57N5/c1-45-39-47(3)65(48(4)40-45)67(66-49(5)41-46(2)42-50(66)6)55-35-37-58(38-36-55)74(63-43-61(53-23-13-8-14-24-53)70-68(72-63)56-25-15-9-16-26-56)64-44-62(71-69(73-64)57-27-17-10-18-28-57)54-33-31-52(32-34-54)60-30-20-19-29-59(60)51-21-11-7-12-22-51/h7-44,67H,1-6H3. The van der Waals surface area contributed by atoms with Crippen molar-refractivity contribution in [3.8, 4) is 67.5 Å². The molecule has 0 aliphatic rings. The van der Waals surface area contributed by atoms with Crippen molar-refractivity contribution in [2.24, 2.45) is 0 Å². The number of hydrogen-bond acceptors (Lipinski definition) is 5. The van der Waals surface area contributed by atoms with Gasteiger partial charge in [-0.1, -0.05) is 217 Å². The van der Waals surface area contributed by atoms with Gasteiger partial charge in [0.25, 0.3) is 0 Å². The van der Waals surface area contributed by atoms with Crippen LogP contribution in [0.3, 0.4) is 0 Å². The molecule has 11 rings (SSSR count). The van der Waals surface area contributed by atoms with Crippen LogP contribution >= 0.6 is 0 Å². The molecular formula is C69H57N5. The van der Waals surface area contributed by atoms with Crippen molar-refractivity contribution in [1.29, 1.82) is 0 Å². The second-order valence-electron chi connectivity index (χ2n) is 19.4. The highest BCUT2D eigenvalue weighted by atomic mass is 15.3. The van der Waals surface area contributed by atoms with Crippen LogP contribution in [-0.4, -0.2) is 19.9 Å². The van der Waals surface area contributed by atoms with E-state index in [0.717, 1.165) is 44.9 Å². The summed E-state index contributed by atoms with van der Waals surface area (Å²) in [7, 11) is 0. The van der Waals surface area contributed by atoms with Crippen LogP contribution in [0.1, 0.15) is 56.0 Å². The van der Waals surface area contributed by atoms with E-state index in [-0.39, 0.29) is 5.92 Å². The summed E-state index contributed by atoms with van der Waals surface area (Å²) in [5, 5.41) is 0. The molecule has 2 heterocycles. The molecule has 2 aromatic heterocycles. The summed E-state index contributed by atoms with van der Waals surface area (Å²) >= 11 is 0. The Morgan fingerprint density at radius 3 is 1.07 bits per heavy atom. The Hall–Kier alpha value is -9.06. The maximum Gasteiger partial charge on any atom is 0.162 e. The molecule has 0 saturated carbocycles. The van der Waals surface area contributed by atoms with Gasteiger partial charge < -0.3 is 0 Å². The lowest BCUT2D eigenvalue weighted by Gasteiger charge is -2.28. The lowest BCUT2D eigenvalue weighted by atomic mass is 9.77. The number of aryl methyl sites for hydroxylation is 6. The Balaban J connectivity index is 1.12. The van der Waals surface area contributed by atoms with E-state index in [4.69, 9.17) is 19.9 Å². The zero-order valence-corrected chi connectivity index (χ0v) is 42.8. The third-order valence-corrected chi connectivity index (χ3v) is 14.1. The molecule has 0 saturated heterocycles. The molecule has 5 nitrogen and oxygen atoms in total. The summed E-state index contributed by atoms with van der Waals surface area (Å²) in [6.45, 7) is 13.4. The van der Waals surface area contributed by atoms with E-state index in [1.165, 1.54) is 66.8 Å². The van der Waals surface area contributed by atoms with Crippen molar-refractivity contribution in [3.63, 3.8) is 0 Å². The van der Waals surface area contributed by atoms with Gasteiger partial charge in [-0.05, 0) is 115 Å². The Kier molecular flexibility index (Phi) is 13.1. The maximum absolute atomic E-state index is 5.47. The smallest absolute Gasteiger partial charge is 0.162 e. The number of aromatic nitrogens is 4. The van der Waals surface area contributed by atoms with Crippen molar-refractivity contribution in [3.05, 3.63) is 281 Å². The third-order valence-electron chi connectivity index (χ3n) is 14.1. The van der Waals surface area contributed by atoms with Crippen LogP contribution in [0.5, 0.6) is 0 Å². The van der Waals surface area contributed by atoms with Crippen LogP contribution in [0, 0.1) is 41.5 Å². The van der Waals surface area contributed by atoms with Crippen molar-refractivity contribution in [1.82, 2.24) is 19.9 Å². The Bertz CT molecular complexity index is 3600. The molecule has 5 heteroatoms. The first-order chi connectivity index (χ1) is 36.1. The molecule has 0 fully saturated rings. The highest BCUT2D eigenvalue weighted by molar-refractivity contribution is 5.85. The minimum absolute atomic E-state index is 0.00471. The van der Waals surface area contributed by atoms with E-state index in [1.807, 2.05) is 42.5 Å². The quantitative estimate of drug-likeness (QED) is 0.114. The summed E-state index contributed by atoms with van der Waals surface area (Å²) in [5.41, 5.74) is 22.5. The van der Waals surface area contributed by atoms with Crippen LogP contribution in [0.25, 0.3) is 67.5 Å². The minimum atomic E-state index is 0.00471.